The molecule has 0 spiro atoms. The van der Waals surface area contributed by atoms with E-state index in [-0.39, 0.29) is 12.5 Å². The Bertz CT molecular complexity index is 639. The maximum atomic E-state index is 12.3. The number of hydrogen-bond acceptors (Lipinski definition) is 4. The fourth-order valence-electron chi connectivity index (χ4n) is 2.39. The molecule has 0 heterocycles. The minimum atomic E-state index is -0.140. The zero-order chi connectivity index (χ0) is 17.9. The second-order valence-corrected chi connectivity index (χ2v) is 5.70. The van der Waals surface area contributed by atoms with Crippen molar-refractivity contribution in [3.63, 3.8) is 0 Å². The van der Waals surface area contributed by atoms with Crippen LogP contribution < -0.4 is 15.4 Å². The molecule has 2 aromatic carbocycles. The fourth-order valence-corrected chi connectivity index (χ4v) is 2.39. The molecule has 0 fully saturated rings. The second-order valence-electron chi connectivity index (χ2n) is 5.70. The molecule has 3 N–H and O–H groups in total. The van der Waals surface area contributed by atoms with Crippen LogP contribution >= 0.6 is 0 Å². The Morgan fingerprint density at radius 3 is 2.28 bits per heavy atom. The first-order valence-electron chi connectivity index (χ1n) is 8.72. The summed E-state index contributed by atoms with van der Waals surface area (Å²) in [5.74, 6) is 0.647. The summed E-state index contributed by atoms with van der Waals surface area (Å²) in [6, 6.07) is 14.7. The first-order valence-corrected chi connectivity index (χ1v) is 8.72. The summed E-state index contributed by atoms with van der Waals surface area (Å²) in [5.41, 5.74) is 2.33. The van der Waals surface area contributed by atoms with Crippen molar-refractivity contribution in [1.29, 1.82) is 0 Å². The van der Waals surface area contributed by atoms with Crippen LogP contribution in [0.1, 0.15) is 36.5 Å². The predicted molar refractivity (Wildman–Crippen MR) is 101 cm³/mol. The van der Waals surface area contributed by atoms with E-state index in [1.807, 2.05) is 43.3 Å². The number of rotatable bonds is 10. The molecule has 25 heavy (non-hydrogen) atoms. The van der Waals surface area contributed by atoms with E-state index in [0.717, 1.165) is 42.9 Å². The third kappa shape index (κ3) is 6.47. The quantitative estimate of drug-likeness (QED) is 0.573. The third-order valence-corrected chi connectivity index (χ3v) is 3.73. The van der Waals surface area contributed by atoms with Crippen LogP contribution in [0.3, 0.4) is 0 Å². The molecule has 0 unspecified atom stereocenters. The van der Waals surface area contributed by atoms with Crippen molar-refractivity contribution in [2.45, 2.75) is 26.2 Å². The van der Waals surface area contributed by atoms with Crippen LogP contribution in [0, 0.1) is 0 Å². The maximum Gasteiger partial charge on any atom is 0.255 e. The third-order valence-electron chi connectivity index (χ3n) is 3.73. The summed E-state index contributed by atoms with van der Waals surface area (Å²) >= 11 is 0. The van der Waals surface area contributed by atoms with Crippen LogP contribution in [-0.2, 0) is 0 Å². The minimum Gasteiger partial charge on any atom is -0.494 e. The lowest BCUT2D eigenvalue weighted by Gasteiger charge is -2.09. The van der Waals surface area contributed by atoms with Gasteiger partial charge in [-0.1, -0.05) is 0 Å². The number of carbonyl (C=O) groups excluding carboxylic acids is 1. The van der Waals surface area contributed by atoms with Crippen molar-refractivity contribution in [2.75, 3.05) is 30.4 Å². The van der Waals surface area contributed by atoms with Gasteiger partial charge in [-0.15, -0.1) is 0 Å². The highest BCUT2D eigenvalue weighted by atomic mass is 16.5. The van der Waals surface area contributed by atoms with Gasteiger partial charge in [0.15, 0.2) is 0 Å². The number of aliphatic hydroxyl groups excluding tert-OH is 1. The number of hydrogen-bond donors (Lipinski definition) is 3. The number of nitrogens with one attached hydrogen (secondary N) is 2. The van der Waals surface area contributed by atoms with Gasteiger partial charge in [0.1, 0.15) is 5.75 Å². The van der Waals surface area contributed by atoms with Crippen molar-refractivity contribution in [1.82, 2.24) is 0 Å². The summed E-state index contributed by atoms with van der Waals surface area (Å²) < 4.78 is 5.39. The number of aliphatic hydroxyl groups is 1. The Kier molecular flexibility index (Phi) is 7.79. The fraction of sp³-hybridized carbons (Fsp3) is 0.350. The van der Waals surface area contributed by atoms with Gasteiger partial charge in [-0.05, 0) is 74.7 Å². The van der Waals surface area contributed by atoms with Gasteiger partial charge >= 0.3 is 0 Å². The Hall–Kier alpha value is -2.53. The first kappa shape index (κ1) is 18.8. The molecule has 0 bridgehead atoms. The van der Waals surface area contributed by atoms with Crippen LogP contribution in [0.2, 0.25) is 0 Å². The Morgan fingerprint density at radius 1 is 0.960 bits per heavy atom. The average molecular weight is 342 g/mol. The summed E-state index contributed by atoms with van der Waals surface area (Å²) in [6.07, 6.45) is 2.86. The molecule has 0 aliphatic heterocycles. The molecule has 2 aromatic rings. The van der Waals surface area contributed by atoms with Crippen LogP contribution in [-0.4, -0.2) is 30.8 Å². The van der Waals surface area contributed by atoms with Gasteiger partial charge in [0.2, 0.25) is 0 Å². The molecule has 5 nitrogen and oxygen atoms in total. The standard InChI is InChI=1S/C20H26N2O3/c1-2-25-19-12-10-18(11-13-19)22-20(24)16-6-8-17(9-7-16)21-14-4-3-5-15-23/h6-13,21,23H,2-5,14-15H2,1H3,(H,22,24). The summed E-state index contributed by atoms with van der Waals surface area (Å²) in [5, 5.41) is 14.9. The van der Waals surface area contributed by atoms with Crippen molar-refractivity contribution < 1.29 is 14.6 Å². The number of carbonyl (C=O) groups is 1. The number of amides is 1. The Balaban J connectivity index is 1.83. The second kappa shape index (κ2) is 10.4. The van der Waals surface area contributed by atoms with E-state index in [0.29, 0.717) is 12.2 Å². The van der Waals surface area contributed by atoms with E-state index in [2.05, 4.69) is 10.6 Å². The molecular weight excluding hydrogens is 316 g/mol. The minimum absolute atomic E-state index is 0.140. The van der Waals surface area contributed by atoms with E-state index in [4.69, 9.17) is 9.84 Å². The van der Waals surface area contributed by atoms with Gasteiger partial charge in [0.05, 0.1) is 6.61 Å². The lowest BCUT2D eigenvalue weighted by Crippen LogP contribution is -2.12. The number of ether oxygens (including phenoxy) is 1. The summed E-state index contributed by atoms with van der Waals surface area (Å²) in [7, 11) is 0. The van der Waals surface area contributed by atoms with Crippen molar-refractivity contribution >= 4 is 17.3 Å². The van der Waals surface area contributed by atoms with Gasteiger partial charge in [-0.25, -0.2) is 0 Å². The molecule has 1 amide bonds. The topological polar surface area (TPSA) is 70.6 Å². The highest BCUT2D eigenvalue weighted by Gasteiger charge is 2.06. The average Bonchev–Trinajstić information content (AvgIpc) is 2.64. The first-order chi connectivity index (χ1) is 12.2. The highest BCUT2D eigenvalue weighted by Crippen LogP contribution is 2.17. The molecular formula is C20H26N2O3. The zero-order valence-electron chi connectivity index (χ0n) is 14.6. The number of anilines is 2. The number of unbranched alkanes of at least 4 members (excludes halogenated alkanes) is 2. The normalized spacial score (nSPS) is 10.3. The van der Waals surface area contributed by atoms with Crippen LogP contribution in [0.5, 0.6) is 5.75 Å². The molecule has 0 aromatic heterocycles. The van der Waals surface area contributed by atoms with Crippen LogP contribution in [0.25, 0.3) is 0 Å². The van der Waals surface area contributed by atoms with Crippen molar-refractivity contribution in [2.24, 2.45) is 0 Å². The van der Waals surface area contributed by atoms with E-state index in [1.165, 1.54) is 0 Å². The Labute approximate surface area is 149 Å². The predicted octanol–water partition coefficient (Wildman–Crippen LogP) is 3.91. The maximum absolute atomic E-state index is 12.3. The van der Waals surface area contributed by atoms with Gasteiger partial charge in [0, 0.05) is 30.1 Å². The van der Waals surface area contributed by atoms with Crippen LogP contribution in [0.4, 0.5) is 11.4 Å². The lowest BCUT2D eigenvalue weighted by atomic mass is 10.1. The van der Waals surface area contributed by atoms with Gasteiger partial charge in [-0.3, -0.25) is 4.79 Å². The van der Waals surface area contributed by atoms with E-state index >= 15 is 0 Å². The molecule has 0 aliphatic rings. The summed E-state index contributed by atoms with van der Waals surface area (Å²) in [6.45, 7) is 3.66. The molecule has 0 atom stereocenters. The van der Waals surface area contributed by atoms with Gasteiger partial charge in [-0.2, -0.15) is 0 Å². The monoisotopic (exact) mass is 342 g/mol. The number of benzene rings is 2. The van der Waals surface area contributed by atoms with Crippen LogP contribution in [0.15, 0.2) is 48.5 Å². The summed E-state index contributed by atoms with van der Waals surface area (Å²) in [4.78, 5) is 12.3. The zero-order valence-corrected chi connectivity index (χ0v) is 14.6. The molecule has 134 valence electrons. The van der Waals surface area contributed by atoms with E-state index in [9.17, 15) is 4.79 Å². The molecule has 0 aliphatic carbocycles. The molecule has 2 rings (SSSR count). The SMILES string of the molecule is CCOc1ccc(NC(=O)c2ccc(NCCCCCO)cc2)cc1. The smallest absolute Gasteiger partial charge is 0.255 e. The molecule has 0 radical (unpaired) electrons. The van der Waals surface area contributed by atoms with Gasteiger partial charge in [0.25, 0.3) is 5.91 Å². The van der Waals surface area contributed by atoms with Crippen molar-refractivity contribution in [3.05, 3.63) is 54.1 Å². The molecule has 5 heteroatoms. The van der Waals surface area contributed by atoms with Crippen molar-refractivity contribution in [3.8, 4) is 5.75 Å². The van der Waals surface area contributed by atoms with Gasteiger partial charge < -0.3 is 20.5 Å². The lowest BCUT2D eigenvalue weighted by molar-refractivity contribution is 0.102. The highest BCUT2D eigenvalue weighted by molar-refractivity contribution is 6.04. The van der Waals surface area contributed by atoms with E-state index < -0.39 is 0 Å². The molecule has 0 saturated carbocycles. The Morgan fingerprint density at radius 2 is 1.64 bits per heavy atom. The largest absolute Gasteiger partial charge is 0.494 e. The van der Waals surface area contributed by atoms with E-state index in [1.54, 1.807) is 12.1 Å². The molecule has 0 saturated heterocycles.